The molecular formula is C13H17ClN2O. The summed E-state index contributed by atoms with van der Waals surface area (Å²) in [7, 11) is 2.08. The van der Waals surface area contributed by atoms with Crippen LogP contribution in [-0.4, -0.2) is 37.0 Å². The third-order valence-electron chi connectivity index (χ3n) is 3.07. The van der Waals surface area contributed by atoms with E-state index in [2.05, 4.69) is 17.3 Å². The standard InChI is InChI=1S/C13H17ClN2O/c1-16-8-2-3-12(9-16)15-13(17)10-4-6-11(14)7-5-10/h4-7,12H,2-3,8-9H2,1H3,(H,15,17). The van der Waals surface area contributed by atoms with E-state index in [4.69, 9.17) is 11.6 Å². The Hall–Kier alpha value is -1.06. The quantitative estimate of drug-likeness (QED) is 0.875. The van der Waals surface area contributed by atoms with Crippen molar-refractivity contribution in [3.63, 3.8) is 0 Å². The lowest BCUT2D eigenvalue weighted by Crippen LogP contribution is -2.46. The Bertz CT molecular complexity index is 391. The van der Waals surface area contributed by atoms with Gasteiger partial charge in [-0.3, -0.25) is 4.79 Å². The van der Waals surface area contributed by atoms with Crippen LogP contribution in [-0.2, 0) is 0 Å². The van der Waals surface area contributed by atoms with Gasteiger partial charge in [0.15, 0.2) is 0 Å². The van der Waals surface area contributed by atoms with Crippen LogP contribution in [0.4, 0.5) is 0 Å². The van der Waals surface area contributed by atoms with E-state index in [0.717, 1.165) is 25.9 Å². The molecule has 1 heterocycles. The molecule has 1 aliphatic heterocycles. The van der Waals surface area contributed by atoms with Crippen LogP contribution in [0.3, 0.4) is 0 Å². The fourth-order valence-electron chi connectivity index (χ4n) is 2.15. The van der Waals surface area contributed by atoms with Crippen LogP contribution in [0.25, 0.3) is 0 Å². The molecule has 0 saturated carbocycles. The fourth-order valence-corrected chi connectivity index (χ4v) is 2.28. The molecule has 1 aromatic rings. The minimum Gasteiger partial charge on any atom is -0.348 e. The number of benzene rings is 1. The predicted molar refractivity (Wildman–Crippen MR) is 69.4 cm³/mol. The Morgan fingerprint density at radius 1 is 1.41 bits per heavy atom. The third kappa shape index (κ3) is 3.45. The lowest BCUT2D eigenvalue weighted by molar-refractivity contribution is 0.0912. The smallest absolute Gasteiger partial charge is 0.251 e. The molecule has 0 aliphatic carbocycles. The first-order chi connectivity index (χ1) is 8.15. The molecule has 0 aromatic heterocycles. The summed E-state index contributed by atoms with van der Waals surface area (Å²) in [5.41, 5.74) is 0.669. The molecule has 92 valence electrons. The van der Waals surface area contributed by atoms with E-state index in [1.54, 1.807) is 24.3 Å². The van der Waals surface area contributed by atoms with Gasteiger partial charge in [-0.05, 0) is 50.7 Å². The zero-order valence-electron chi connectivity index (χ0n) is 9.95. The maximum absolute atomic E-state index is 12.0. The molecule has 1 atom stereocenters. The largest absolute Gasteiger partial charge is 0.348 e. The lowest BCUT2D eigenvalue weighted by atomic mass is 10.1. The summed E-state index contributed by atoms with van der Waals surface area (Å²) in [5, 5.41) is 3.71. The van der Waals surface area contributed by atoms with Crippen molar-refractivity contribution in [3.8, 4) is 0 Å². The van der Waals surface area contributed by atoms with Crippen molar-refractivity contribution in [3.05, 3.63) is 34.9 Å². The van der Waals surface area contributed by atoms with Crippen molar-refractivity contribution in [2.24, 2.45) is 0 Å². The van der Waals surface area contributed by atoms with Gasteiger partial charge in [0.2, 0.25) is 0 Å². The first-order valence-electron chi connectivity index (χ1n) is 5.90. The number of hydrogen-bond acceptors (Lipinski definition) is 2. The SMILES string of the molecule is CN1CCCC(NC(=O)c2ccc(Cl)cc2)C1. The summed E-state index contributed by atoms with van der Waals surface area (Å²) in [6.45, 7) is 2.05. The van der Waals surface area contributed by atoms with Crippen LogP contribution in [0.1, 0.15) is 23.2 Å². The zero-order chi connectivity index (χ0) is 12.3. The van der Waals surface area contributed by atoms with Crippen molar-refractivity contribution in [2.45, 2.75) is 18.9 Å². The molecule has 0 radical (unpaired) electrons. The Morgan fingerprint density at radius 3 is 2.76 bits per heavy atom. The summed E-state index contributed by atoms with van der Waals surface area (Å²) in [5.74, 6) is -0.0121. The van der Waals surface area contributed by atoms with Crippen molar-refractivity contribution in [1.29, 1.82) is 0 Å². The van der Waals surface area contributed by atoms with Gasteiger partial charge in [-0.25, -0.2) is 0 Å². The van der Waals surface area contributed by atoms with Gasteiger partial charge in [0.05, 0.1) is 0 Å². The summed E-state index contributed by atoms with van der Waals surface area (Å²) in [6, 6.07) is 7.25. The molecule has 1 saturated heterocycles. The van der Waals surface area contributed by atoms with Gasteiger partial charge in [0, 0.05) is 23.2 Å². The van der Waals surface area contributed by atoms with E-state index in [9.17, 15) is 4.79 Å². The molecule has 4 heteroatoms. The molecule has 1 N–H and O–H groups in total. The van der Waals surface area contributed by atoms with Gasteiger partial charge in [0.25, 0.3) is 5.91 Å². The van der Waals surface area contributed by atoms with E-state index in [1.807, 2.05) is 0 Å². The molecule has 1 amide bonds. The number of nitrogens with one attached hydrogen (secondary N) is 1. The number of likely N-dealkylation sites (N-methyl/N-ethyl adjacent to an activating group) is 1. The number of hydrogen-bond donors (Lipinski definition) is 1. The Kier molecular flexibility index (Phi) is 4.02. The number of nitrogens with zero attached hydrogens (tertiary/aromatic N) is 1. The average molecular weight is 253 g/mol. The second-order valence-corrected chi connectivity index (χ2v) is 5.02. The summed E-state index contributed by atoms with van der Waals surface area (Å²) < 4.78 is 0. The molecule has 17 heavy (non-hydrogen) atoms. The van der Waals surface area contributed by atoms with Gasteiger partial charge < -0.3 is 10.2 Å². The number of carbonyl (C=O) groups is 1. The van der Waals surface area contributed by atoms with Gasteiger partial charge in [0.1, 0.15) is 0 Å². The summed E-state index contributed by atoms with van der Waals surface area (Å²) in [6.07, 6.45) is 2.20. The first kappa shape index (κ1) is 12.4. The highest BCUT2D eigenvalue weighted by Gasteiger charge is 2.19. The molecule has 1 unspecified atom stereocenters. The number of carbonyl (C=O) groups excluding carboxylic acids is 1. The van der Waals surface area contributed by atoms with Crippen molar-refractivity contribution < 1.29 is 4.79 Å². The maximum atomic E-state index is 12.0. The first-order valence-corrected chi connectivity index (χ1v) is 6.28. The van der Waals surface area contributed by atoms with Crippen molar-refractivity contribution in [1.82, 2.24) is 10.2 Å². The molecule has 3 nitrogen and oxygen atoms in total. The highest BCUT2D eigenvalue weighted by molar-refractivity contribution is 6.30. The highest BCUT2D eigenvalue weighted by Crippen LogP contribution is 2.11. The Morgan fingerprint density at radius 2 is 2.12 bits per heavy atom. The third-order valence-corrected chi connectivity index (χ3v) is 3.32. The predicted octanol–water partition coefficient (Wildman–Crippen LogP) is 2.16. The fraction of sp³-hybridized carbons (Fsp3) is 0.462. The minimum atomic E-state index is -0.0121. The summed E-state index contributed by atoms with van der Waals surface area (Å²) >= 11 is 5.79. The number of halogens is 1. The Labute approximate surface area is 107 Å². The maximum Gasteiger partial charge on any atom is 0.251 e. The number of piperidine rings is 1. The van der Waals surface area contributed by atoms with E-state index < -0.39 is 0 Å². The molecule has 1 fully saturated rings. The topological polar surface area (TPSA) is 32.3 Å². The molecular weight excluding hydrogens is 236 g/mol. The van der Waals surface area contributed by atoms with Crippen LogP contribution >= 0.6 is 11.6 Å². The number of likely N-dealkylation sites (tertiary alicyclic amines) is 1. The van der Waals surface area contributed by atoms with Crippen LogP contribution in [0.15, 0.2) is 24.3 Å². The van der Waals surface area contributed by atoms with Crippen LogP contribution < -0.4 is 5.32 Å². The molecule has 2 rings (SSSR count). The van der Waals surface area contributed by atoms with Crippen LogP contribution in [0.2, 0.25) is 5.02 Å². The molecule has 0 spiro atoms. The zero-order valence-corrected chi connectivity index (χ0v) is 10.7. The van der Waals surface area contributed by atoms with Crippen molar-refractivity contribution >= 4 is 17.5 Å². The van der Waals surface area contributed by atoms with E-state index >= 15 is 0 Å². The van der Waals surface area contributed by atoms with Crippen molar-refractivity contribution in [2.75, 3.05) is 20.1 Å². The van der Waals surface area contributed by atoms with E-state index in [1.165, 1.54) is 0 Å². The second kappa shape index (κ2) is 5.52. The Balaban J connectivity index is 1.94. The van der Waals surface area contributed by atoms with Gasteiger partial charge in [-0.2, -0.15) is 0 Å². The van der Waals surface area contributed by atoms with E-state index in [0.29, 0.717) is 10.6 Å². The van der Waals surface area contributed by atoms with Gasteiger partial charge in [-0.15, -0.1) is 0 Å². The molecule has 0 bridgehead atoms. The van der Waals surface area contributed by atoms with Crippen LogP contribution in [0, 0.1) is 0 Å². The van der Waals surface area contributed by atoms with Crippen LogP contribution in [0.5, 0.6) is 0 Å². The minimum absolute atomic E-state index is 0.0121. The van der Waals surface area contributed by atoms with Gasteiger partial charge >= 0.3 is 0 Å². The normalized spacial score (nSPS) is 21.2. The average Bonchev–Trinajstić information content (AvgIpc) is 2.29. The highest BCUT2D eigenvalue weighted by atomic mass is 35.5. The number of amides is 1. The lowest BCUT2D eigenvalue weighted by Gasteiger charge is -2.30. The molecule has 1 aliphatic rings. The summed E-state index contributed by atoms with van der Waals surface area (Å²) in [4.78, 5) is 14.2. The van der Waals surface area contributed by atoms with E-state index in [-0.39, 0.29) is 11.9 Å². The molecule has 1 aromatic carbocycles. The number of rotatable bonds is 2. The monoisotopic (exact) mass is 252 g/mol. The second-order valence-electron chi connectivity index (χ2n) is 4.58. The van der Waals surface area contributed by atoms with Gasteiger partial charge in [-0.1, -0.05) is 11.6 Å².